The second kappa shape index (κ2) is 7.76. The normalized spacial score (nSPS) is 18.4. The first-order valence-corrected chi connectivity index (χ1v) is 10.8. The van der Waals surface area contributed by atoms with Crippen molar-refractivity contribution in [3.63, 3.8) is 0 Å². The van der Waals surface area contributed by atoms with E-state index in [9.17, 15) is 13.2 Å². The van der Waals surface area contributed by atoms with Crippen LogP contribution in [0, 0.1) is 20.8 Å². The first-order valence-electron chi connectivity index (χ1n) is 8.98. The van der Waals surface area contributed by atoms with Gasteiger partial charge in [-0.05, 0) is 50.5 Å². The third-order valence-electron chi connectivity index (χ3n) is 4.82. The molecule has 1 aliphatic heterocycles. The fourth-order valence-corrected chi connectivity index (χ4v) is 5.35. The van der Waals surface area contributed by atoms with Gasteiger partial charge in [-0.2, -0.15) is 0 Å². The summed E-state index contributed by atoms with van der Waals surface area (Å²) in [6.45, 7) is 6.01. The van der Waals surface area contributed by atoms with Gasteiger partial charge in [0, 0.05) is 6.04 Å². The highest BCUT2D eigenvalue weighted by Crippen LogP contribution is 2.25. The predicted octanol–water partition coefficient (Wildman–Crippen LogP) is 2.80. The van der Waals surface area contributed by atoms with Gasteiger partial charge in [0.05, 0.1) is 24.3 Å². The molecule has 1 amide bonds. The van der Waals surface area contributed by atoms with Crippen LogP contribution in [-0.4, -0.2) is 43.4 Å². The lowest BCUT2D eigenvalue weighted by Crippen LogP contribution is -2.43. The van der Waals surface area contributed by atoms with Crippen molar-refractivity contribution in [1.29, 1.82) is 0 Å². The van der Waals surface area contributed by atoms with Crippen molar-refractivity contribution in [2.24, 2.45) is 0 Å². The van der Waals surface area contributed by atoms with Crippen molar-refractivity contribution in [1.82, 2.24) is 4.90 Å². The number of benzene rings is 1. The molecule has 27 heavy (non-hydrogen) atoms. The number of furan rings is 1. The van der Waals surface area contributed by atoms with E-state index in [1.54, 1.807) is 23.3 Å². The highest BCUT2D eigenvalue weighted by molar-refractivity contribution is 7.91. The quantitative estimate of drug-likeness (QED) is 0.757. The summed E-state index contributed by atoms with van der Waals surface area (Å²) >= 11 is 0. The molecule has 0 N–H and O–H groups in total. The lowest BCUT2D eigenvalue weighted by atomic mass is 10.1. The molecular formula is C20H25NO5S. The molecule has 0 radical (unpaired) electrons. The van der Waals surface area contributed by atoms with E-state index < -0.39 is 9.84 Å². The van der Waals surface area contributed by atoms with Gasteiger partial charge < -0.3 is 14.1 Å². The molecule has 0 saturated carbocycles. The zero-order valence-corrected chi connectivity index (χ0v) is 16.7. The minimum absolute atomic E-state index is 0.0119. The summed E-state index contributed by atoms with van der Waals surface area (Å²) in [4.78, 5) is 14.5. The lowest BCUT2D eigenvalue weighted by molar-refractivity contribution is -0.136. The van der Waals surface area contributed by atoms with Gasteiger partial charge >= 0.3 is 0 Å². The molecule has 146 valence electrons. The molecule has 1 saturated heterocycles. The average Bonchev–Trinajstić information content (AvgIpc) is 3.20. The van der Waals surface area contributed by atoms with E-state index in [4.69, 9.17) is 9.15 Å². The third-order valence-corrected chi connectivity index (χ3v) is 6.57. The molecule has 2 aromatic rings. The van der Waals surface area contributed by atoms with Gasteiger partial charge in [0.25, 0.3) is 5.91 Å². The van der Waals surface area contributed by atoms with Crippen LogP contribution in [0.4, 0.5) is 0 Å². The van der Waals surface area contributed by atoms with Crippen LogP contribution in [0.3, 0.4) is 0 Å². The third kappa shape index (κ3) is 4.71. The number of sulfone groups is 1. The molecule has 2 heterocycles. The Hall–Kier alpha value is -2.28. The van der Waals surface area contributed by atoms with E-state index >= 15 is 0 Å². The maximum atomic E-state index is 12.9. The summed E-state index contributed by atoms with van der Waals surface area (Å²) < 4.78 is 34.9. The molecular weight excluding hydrogens is 366 g/mol. The van der Waals surface area contributed by atoms with Gasteiger partial charge in [0.15, 0.2) is 16.4 Å². The topological polar surface area (TPSA) is 76.8 Å². The Morgan fingerprint density at radius 1 is 1.26 bits per heavy atom. The number of carbonyl (C=O) groups excluding carboxylic acids is 1. The molecule has 0 aliphatic carbocycles. The van der Waals surface area contributed by atoms with Gasteiger partial charge in [0.1, 0.15) is 11.5 Å². The second-order valence-electron chi connectivity index (χ2n) is 7.17. The molecule has 3 rings (SSSR count). The zero-order valence-electron chi connectivity index (χ0n) is 15.9. The van der Waals surface area contributed by atoms with E-state index in [1.807, 2.05) is 32.9 Å². The summed E-state index contributed by atoms with van der Waals surface area (Å²) in [5.74, 6) is 1.17. The Bertz CT molecular complexity index is 895. The minimum Gasteiger partial charge on any atom is -0.483 e. The van der Waals surface area contributed by atoms with Crippen LogP contribution in [0.25, 0.3) is 0 Å². The van der Waals surface area contributed by atoms with Crippen molar-refractivity contribution in [3.8, 4) is 5.75 Å². The first-order chi connectivity index (χ1) is 12.7. The summed E-state index contributed by atoms with van der Waals surface area (Å²) in [7, 11) is -3.10. The Morgan fingerprint density at radius 3 is 2.52 bits per heavy atom. The fourth-order valence-electron chi connectivity index (χ4n) is 3.62. The molecule has 0 unspecified atom stereocenters. The molecule has 0 spiro atoms. The van der Waals surface area contributed by atoms with E-state index in [2.05, 4.69) is 0 Å². The molecule has 1 aromatic heterocycles. The standard InChI is InChI=1S/C20H25NO5S/c1-14-9-15(2)20(16(3)10-14)26-12-19(22)21(11-18-5-4-7-25-18)17-6-8-27(23,24)13-17/h4-5,7,9-10,17H,6,8,11-13H2,1-3H3/t17-/m0/s1. The highest BCUT2D eigenvalue weighted by atomic mass is 32.2. The number of hydrogen-bond acceptors (Lipinski definition) is 5. The molecule has 7 heteroatoms. The Balaban J connectivity index is 1.75. The van der Waals surface area contributed by atoms with E-state index in [1.165, 1.54) is 0 Å². The van der Waals surface area contributed by atoms with Crippen molar-refractivity contribution in [3.05, 3.63) is 53.0 Å². The predicted molar refractivity (Wildman–Crippen MR) is 102 cm³/mol. The van der Waals surface area contributed by atoms with Gasteiger partial charge in [-0.15, -0.1) is 0 Å². The maximum absolute atomic E-state index is 12.9. The van der Waals surface area contributed by atoms with Crippen molar-refractivity contribution in [2.45, 2.75) is 39.8 Å². The number of ether oxygens (including phenoxy) is 1. The van der Waals surface area contributed by atoms with E-state index in [0.717, 1.165) is 16.7 Å². The van der Waals surface area contributed by atoms with Crippen LogP contribution >= 0.6 is 0 Å². The zero-order chi connectivity index (χ0) is 19.6. The second-order valence-corrected chi connectivity index (χ2v) is 9.40. The number of hydrogen-bond donors (Lipinski definition) is 0. The van der Waals surface area contributed by atoms with Crippen molar-refractivity contribution < 1.29 is 22.4 Å². The van der Waals surface area contributed by atoms with E-state index in [0.29, 0.717) is 17.9 Å². The van der Waals surface area contributed by atoms with Crippen LogP contribution in [0.5, 0.6) is 5.75 Å². The summed E-state index contributed by atoms with van der Waals surface area (Å²) in [5.41, 5.74) is 3.09. The van der Waals surface area contributed by atoms with Crippen molar-refractivity contribution in [2.75, 3.05) is 18.1 Å². The summed E-state index contributed by atoms with van der Waals surface area (Å²) in [5, 5.41) is 0. The maximum Gasteiger partial charge on any atom is 0.261 e. The summed E-state index contributed by atoms with van der Waals surface area (Å²) in [6, 6.07) is 7.20. The Kier molecular flexibility index (Phi) is 5.60. The van der Waals surface area contributed by atoms with Crippen LogP contribution in [0.2, 0.25) is 0 Å². The van der Waals surface area contributed by atoms with Crippen LogP contribution < -0.4 is 4.74 Å². The molecule has 1 atom stereocenters. The molecule has 0 bridgehead atoms. The lowest BCUT2D eigenvalue weighted by Gasteiger charge is -2.27. The van der Waals surface area contributed by atoms with Gasteiger partial charge in [0.2, 0.25) is 0 Å². The Labute approximate surface area is 160 Å². The SMILES string of the molecule is Cc1cc(C)c(OCC(=O)N(Cc2ccco2)[C@H]2CCS(=O)(=O)C2)c(C)c1. The van der Waals surface area contributed by atoms with Crippen LogP contribution in [0.15, 0.2) is 34.9 Å². The van der Waals surface area contributed by atoms with Gasteiger partial charge in [-0.1, -0.05) is 17.7 Å². The number of nitrogens with zero attached hydrogens (tertiary/aromatic N) is 1. The summed E-state index contributed by atoms with van der Waals surface area (Å²) in [6.07, 6.45) is 1.98. The fraction of sp³-hybridized carbons (Fsp3) is 0.450. The molecule has 1 aromatic carbocycles. The number of aryl methyl sites for hydroxylation is 3. The van der Waals surface area contributed by atoms with Gasteiger partial charge in [-0.25, -0.2) is 8.42 Å². The highest BCUT2D eigenvalue weighted by Gasteiger charge is 2.35. The largest absolute Gasteiger partial charge is 0.483 e. The number of rotatable bonds is 6. The average molecular weight is 391 g/mol. The smallest absolute Gasteiger partial charge is 0.261 e. The molecule has 1 aliphatic rings. The molecule has 1 fully saturated rings. The monoisotopic (exact) mass is 391 g/mol. The van der Waals surface area contributed by atoms with Crippen LogP contribution in [0.1, 0.15) is 28.9 Å². The Morgan fingerprint density at radius 2 is 1.96 bits per heavy atom. The number of amides is 1. The number of carbonyl (C=O) groups is 1. The minimum atomic E-state index is -3.10. The molecule has 6 nitrogen and oxygen atoms in total. The first kappa shape index (κ1) is 19.5. The van der Waals surface area contributed by atoms with E-state index in [-0.39, 0.29) is 36.6 Å². The van der Waals surface area contributed by atoms with Crippen LogP contribution in [-0.2, 0) is 21.2 Å². The van der Waals surface area contributed by atoms with Gasteiger partial charge in [-0.3, -0.25) is 4.79 Å². The van der Waals surface area contributed by atoms with Crippen molar-refractivity contribution >= 4 is 15.7 Å².